The van der Waals surface area contributed by atoms with Gasteiger partial charge in [-0.1, -0.05) is 18.2 Å². The number of nitrogens with zero attached hydrogens (tertiary/aromatic N) is 4. The van der Waals surface area contributed by atoms with E-state index in [1.807, 2.05) is 81.4 Å². The molecule has 0 aliphatic carbocycles. The molecule has 8 nitrogen and oxygen atoms in total. The number of hydrogen-bond acceptors (Lipinski definition) is 7. The summed E-state index contributed by atoms with van der Waals surface area (Å²) in [6.07, 6.45) is 5.84. The van der Waals surface area contributed by atoms with Crippen molar-refractivity contribution in [3.63, 3.8) is 0 Å². The van der Waals surface area contributed by atoms with E-state index in [2.05, 4.69) is 26.7 Å². The van der Waals surface area contributed by atoms with Crippen molar-refractivity contribution in [2.24, 2.45) is 0 Å². The molecule has 2 N–H and O–H groups in total. The lowest BCUT2D eigenvalue weighted by Gasteiger charge is -2.23. The number of ether oxygens (including phenoxy) is 1. The van der Waals surface area contributed by atoms with Gasteiger partial charge in [0, 0.05) is 40.6 Å². The highest BCUT2D eigenvalue weighted by molar-refractivity contribution is 5.83. The minimum absolute atomic E-state index is 0.0785. The first kappa shape index (κ1) is 26.7. The lowest BCUT2D eigenvalue weighted by atomic mass is 9.97. The van der Waals surface area contributed by atoms with Gasteiger partial charge in [0.2, 0.25) is 5.95 Å². The van der Waals surface area contributed by atoms with Crippen LogP contribution in [-0.2, 0) is 0 Å². The van der Waals surface area contributed by atoms with Gasteiger partial charge < -0.3 is 15.4 Å². The molecule has 1 saturated heterocycles. The molecule has 0 spiro atoms. The maximum absolute atomic E-state index is 13.9. The molecule has 5 aromatic rings. The zero-order valence-corrected chi connectivity index (χ0v) is 23.6. The summed E-state index contributed by atoms with van der Waals surface area (Å²) in [4.78, 5) is 27.7. The zero-order chi connectivity index (χ0) is 28.3. The maximum Gasteiger partial charge on any atom is 0.260 e. The largest absolute Gasteiger partial charge is 0.490 e. The number of aromatic nitrogens is 4. The fourth-order valence-corrected chi connectivity index (χ4v) is 5.36. The van der Waals surface area contributed by atoms with Crippen molar-refractivity contribution in [2.75, 3.05) is 18.4 Å². The number of hydrogen-bond donors (Lipinski definition) is 2. The smallest absolute Gasteiger partial charge is 0.260 e. The Morgan fingerprint density at radius 3 is 2.49 bits per heavy atom. The van der Waals surface area contributed by atoms with Crippen molar-refractivity contribution in [1.82, 2.24) is 24.8 Å². The molecule has 3 aromatic heterocycles. The van der Waals surface area contributed by atoms with Gasteiger partial charge in [0.15, 0.2) is 0 Å². The first-order valence-corrected chi connectivity index (χ1v) is 14.2. The van der Waals surface area contributed by atoms with Crippen LogP contribution in [0.5, 0.6) is 5.75 Å². The molecule has 2 aromatic carbocycles. The SMILES string of the molecule is Cc1cc(-c2ccccn2)ccc1-c1cc2cnc(Nc3ccc(OC4CCNCC4)cc3)nc2n(C(C)C)c1=O. The Bertz CT molecular complexity index is 1730. The van der Waals surface area contributed by atoms with Crippen LogP contribution in [-0.4, -0.2) is 38.7 Å². The fraction of sp³-hybridized carbons (Fsp3) is 0.273. The summed E-state index contributed by atoms with van der Waals surface area (Å²) in [7, 11) is 0. The quantitative estimate of drug-likeness (QED) is 0.248. The number of aryl methyl sites for hydroxylation is 1. The number of anilines is 2. The standard InChI is InChI=1S/C33H34N6O2/c1-21(2)39-31-24(19-29(32(39)40)28-12-7-23(18-22(28)3)30-6-4-5-15-35-30)20-36-33(38-31)37-25-8-10-26(11-9-25)41-27-13-16-34-17-14-27/h4-12,15,18-21,27,34H,13-14,16-17H2,1-3H3,(H,36,37,38). The van der Waals surface area contributed by atoms with Crippen LogP contribution in [0.4, 0.5) is 11.6 Å². The molecule has 0 bridgehead atoms. The third kappa shape index (κ3) is 5.69. The predicted molar refractivity (Wildman–Crippen MR) is 164 cm³/mol. The van der Waals surface area contributed by atoms with E-state index in [0.717, 1.165) is 65.1 Å². The molecule has 1 fully saturated rings. The second-order valence-corrected chi connectivity index (χ2v) is 10.8. The van der Waals surface area contributed by atoms with Crippen LogP contribution < -0.4 is 20.9 Å². The molecule has 0 saturated carbocycles. The van der Waals surface area contributed by atoms with Crippen LogP contribution in [0.15, 0.2) is 83.9 Å². The van der Waals surface area contributed by atoms with Crippen LogP contribution in [0.1, 0.15) is 38.3 Å². The van der Waals surface area contributed by atoms with Crippen molar-refractivity contribution < 1.29 is 4.74 Å². The van der Waals surface area contributed by atoms with Crippen molar-refractivity contribution in [3.05, 3.63) is 95.0 Å². The Morgan fingerprint density at radius 1 is 0.976 bits per heavy atom. The van der Waals surface area contributed by atoms with Gasteiger partial charge in [0.25, 0.3) is 5.56 Å². The lowest BCUT2D eigenvalue weighted by Crippen LogP contribution is -2.34. The summed E-state index contributed by atoms with van der Waals surface area (Å²) < 4.78 is 7.87. The Labute approximate surface area is 239 Å². The number of piperidine rings is 1. The topological polar surface area (TPSA) is 94.0 Å². The highest BCUT2D eigenvalue weighted by Crippen LogP contribution is 2.29. The molecule has 4 heterocycles. The number of pyridine rings is 2. The molecule has 8 heteroatoms. The molecule has 0 atom stereocenters. The van der Waals surface area contributed by atoms with Crippen molar-refractivity contribution in [2.45, 2.75) is 45.8 Å². The number of fused-ring (bicyclic) bond motifs is 1. The van der Waals surface area contributed by atoms with Crippen molar-refractivity contribution >= 4 is 22.7 Å². The molecule has 1 aliphatic rings. The zero-order valence-electron chi connectivity index (χ0n) is 23.6. The van der Waals surface area contributed by atoms with Crippen molar-refractivity contribution in [3.8, 4) is 28.1 Å². The molecular formula is C33H34N6O2. The predicted octanol–water partition coefficient (Wildman–Crippen LogP) is 6.28. The molecule has 1 aliphatic heterocycles. The van der Waals surface area contributed by atoms with Gasteiger partial charge in [-0.15, -0.1) is 0 Å². The fourth-order valence-electron chi connectivity index (χ4n) is 5.36. The van der Waals surface area contributed by atoms with E-state index < -0.39 is 0 Å². The van der Waals surface area contributed by atoms with Crippen LogP contribution in [0.3, 0.4) is 0 Å². The van der Waals surface area contributed by atoms with E-state index in [1.54, 1.807) is 17.0 Å². The second kappa shape index (κ2) is 11.5. The maximum atomic E-state index is 13.9. The first-order chi connectivity index (χ1) is 20.0. The van der Waals surface area contributed by atoms with E-state index in [4.69, 9.17) is 9.72 Å². The summed E-state index contributed by atoms with van der Waals surface area (Å²) in [5.74, 6) is 1.29. The van der Waals surface area contributed by atoms with Gasteiger partial charge in [-0.25, -0.2) is 4.98 Å². The van der Waals surface area contributed by atoms with E-state index in [1.165, 1.54) is 0 Å². The molecule has 0 unspecified atom stereocenters. The Hall–Kier alpha value is -4.56. The highest BCUT2D eigenvalue weighted by atomic mass is 16.5. The van der Waals surface area contributed by atoms with Gasteiger partial charge in [0.1, 0.15) is 17.5 Å². The second-order valence-electron chi connectivity index (χ2n) is 10.8. The summed E-state index contributed by atoms with van der Waals surface area (Å²) in [6.45, 7) is 8.00. The Morgan fingerprint density at radius 2 is 1.78 bits per heavy atom. The first-order valence-electron chi connectivity index (χ1n) is 14.2. The third-order valence-corrected chi connectivity index (χ3v) is 7.47. The minimum atomic E-state index is -0.0905. The number of nitrogens with one attached hydrogen (secondary N) is 2. The van der Waals surface area contributed by atoms with Crippen LogP contribution in [0.25, 0.3) is 33.4 Å². The monoisotopic (exact) mass is 546 g/mol. The van der Waals surface area contributed by atoms with Crippen molar-refractivity contribution in [1.29, 1.82) is 0 Å². The normalized spacial score (nSPS) is 14.0. The van der Waals surface area contributed by atoms with Gasteiger partial charge in [-0.3, -0.25) is 14.3 Å². The summed E-state index contributed by atoms with van der Waals surface area (Å²) in [5.41, 5.74) is 5.81. The van der Waals surface area contributed by atoms with Crippen LogP contribution >= 0.6 is 0 Å². The molecule has 41 heavy (non-hydrogen) atoms. The Kier molecular flexibility index (Phi) is 7.48. The summed E-state index contributed by atoms with van der Waals surface area (Å²) in [5, 5.41) is 7.44. The molecule has 0 radical (unpaired) electrons. The van der Waals surface area contributed by atoms with E-state index in [0.29, 0.717) is 17.2 Å². The van der Waals surface area contributed by atoms with Gasteiger partial charge in [-0.05, 0) is 106 Å². The average Bonchev–Trinajstić information content (AvgIpc) is 2.99. The van der Waals surface area contributed by atoms with E-state index in [9.17, 15) is 4.79 Å². The van der Waals surface area contributed by atoms with Crippen LogP contribution in [0.2, 0.25) is 0 Å². The number of rotatable bonds is 7. The van der Waals surface area contributed by atoms with E-state index in [-0.39, 0.29) is 17.7 Å². The summed E-state index contributed by atoms with van der Waals surface area (Å²) in [6, 6.07) is 21.6. The van der Waals surface area contributed by atoms with Gasteiger partial charge in [0.05, 0.1) is 5.69 Å². The van der Waals surface area contributed by atoms with Gasteiger partial charge >= 0.3 is 0 Å². The molecule has 6 rings (SSSR count). The minimum Gasteiger partial charge on any atom is -0.490 e. The lowest BCUT2D eigenvalue weighted by molar-refractivity contribution is 0.162. The summed E-state index contributed by atoms with van der Waals surface area (Å²) >= 11 is 0. The van der Waals surface area contributed by atoms with Gasteiger partial charge in [-0.2, -0.15) is 4.98 Å². The molecular weight excluding hydrogens is 512 g/mol. The van der Waals surface area contributed by atoms with E-state index >= 15 is 0 Å². The highest BCUT2D eigenvalue weighted by Gasteiger charge is 2.18. The molecule has 208 valence electrons. The number of benzene rings is 2. The Balaban J connectivity index is 1.29. The van der Waals surface area contributed by atoms with Crippen LogP contribution in [0, 0.1) is 6.92 Å². The molecule has 0 amide bonds. The average molecular weight is 547 g/mol. The third-order valence-electron chi connectivity index (χ3n) is 7.47.